The van der Waals surface area contributed by atoms with Crippen LogP contribution in [0, 0.1) is 27.7 Å². The molecule has 5 aromatic carbocycles. The number of anilines is 8. The maximum atomic E-state index is 6.43. The second kappa shape index (κ2) is 15.1. The maximum absolute atomic E-state index is 6.43. The van der Waals surface area contributed by atoms with Gasteiger partial charge in [0.2, 0.25) is 11.4 Å². The van der Waals surface area contributed by atoms with E-state index in [1.165, 1.54) is 0 Å². The molecule has 0 saturated carbocycles. The summed E-state index contributed by atoms with van der Waals surface area (Å²) in [5.41, 5.74) is 12.9. The van der Waals surface area contributed by atoms with Gasteiger partial charge in [-0.05, 0) is 113 Å². The molecule has 0 spiro atoms. The van der Waals surface area contributed by atoms with Gasteiger partial charge >= 0.3 is 0 Å². The van der Waals surface area contributed by atoms with Gasteiger partial charge in [-0.3, -0.25) is 9.80 Å². The Morgan fingerprint density at radius 3 is 1.27 bits per heavy atom. The monoisotopic (exact) mass is 864 g/mol. The highest BCUT2D eigenvalue weighted by Crippen LogP contribution is 2.51. The number of aryl methyl sites for hydroxylation is 4. The van der Waals surface area contributed by atoms with Crippen LogP contribution >= 0.6 is 0 Å². The van der Waals surface area contributed by atoms with Gasteiger partial charge in [0.25, 0.3) is 0 Å². The number of pyridine rings is 2. The average molecular weight is 865 g/mol. The lowest BCUT2D eigenvalue weighted by Crippen LogP contribution is -2.36. The summed E-state index contributed by atoms with van der Waals surface area (Å²) in [6.45, 7) is 12.5. The number of aromatic nitrogens is 6. The molecule has 12 heteroatoms. The SMILES string of the molecule is Cc1ccc2c(n1)oc1c(N3c4nc5ccccc5nc4N(c4ccccc4)[C@@H]3C)c(C)ccc12.Cc1ccc2c(n1)oc1c(N3c4nccnc4N(c4ccccc4)[C@@H]3C)c(C)ccc12. The molecule has 11 aromatic rings. The molecule has 12 nitrogen and oxygen atoms in total. The van der Waals surface area contributed by atoms with Crippen LogP contribution in [0.15, 0.2) is 155 Å². The lowest BCUT2D eigenvalue weighted by atomic mass is 10.1. The molecule has 0 saturated heterocycles. The molecule has 6 aromatic heterocycles. The number of hydrogen-bond acceptors (Lipinski definition) is 12. The van der Waals surface area contributed by atoms with Crippen LogP contribution in [0.3, 0.4) is 0 Å². The van der Waals surface area contributed by atoms with Crippen molar-refractivity contribution in [1.29, 1.82) is 0 Å². The van der Waals surface area contributed by atoms with E-state index in [1.54, 1.807) is 12.4 Å². The van der Waals surface area contributed by atoms with E-state index >= 15 is 0 Å². The number of hydrogen-bond donors (Lipinski definition) is 0. The predicted octanol–water partition coefficient (Wildman–Crippen LogP) is 13.2. The molecule has 66 heavy (non-hydrogen) atoms. The Bertz CT molecular complexity index is 3680. The van der Waals surface area contributed by atoms with Crippen LogP contribution in [-0.2, 0) is 0 Å². The quantitative estimate of drug-likeness (QED) is 0.168. The molecule has 0 unspecified atom stereocenters. The van der Waals surface area contributed by atoms with Crippen LogP contribution in [0.4, 0.5) is 46.0 Å². The minimum absolute atomic E-state index is 0.0352. The van der Waals surface area contributed by atoms with E-state index in [2.05, 4.69) is 135 Å². The number of furan rings is 2. The zero-order valence-corrected chi connectivity index (χ0v) is 37.3. The Kier molecular flexibility index (Phi) is 8.99. The standard InChI is InChI=1S/C29H23N5O.C25H21N5O/c1-17-13-15-21-22-16-14-18(2)30-29(22)35-26(21)25(17)34-19(3)33(20-9-5-4-6-10-20)27-28(34)32-24-12-8-7-11-23(24)31-27;1-15-9-11-19-20-12-10-16(2)28-25(20)31-22(19)21(15)30-17(3)29(18-7-5-4-6-8-18)23-24(30)27-14-13-26-23/h4-16,19H,1-3H3;4-14,17H,1-3H3/t19-;17-/m00/s1. The number of benzene rings is 5. The molecule has 0 N–H and O–H groups in total. The summed E-state index contributed by atoms with van der Waals surface area (Å²) in [6.07, 6.45) is 3.38. The topological polar surface area (TPSA) is 117 Å². The minimum atomic E-state index is -0.0728. The van der Waals surface area contributed by atoms with Gasteiger partial charge in [-0.25, -0.2) is 29.9 Å². The molecular weight excluding hydrogens is 821 g/mol. The summed E-state index contributed by atoms with van der Waals surface area (Å²) in [7, 11) is 0. The van der Waals surface area contributed by atoms with Gasteiger partial charge in [-0.1, -0.05) is 72.8 Å². The van der Waals surface area contributed by atoms with Gasteiger partial charge in [0.1, 0.15) is 12.3 Å². The van der Waals surface area contributed by atoms with Crippen molar-refractivity contribution in [2.24, 2.45) is 0 Å². The lowest BCUT2D eigenvalue weighted by Gasteiger charge is -2.30. The van der Waals surface area contributed by atoms with Crippen LogP contribution in [0.5, 0.6) is 0 Å². The Morgan fingerprint density at radius 2 is 0.788 bits per heavy atom. The highest BCUT2D eigenvalue weighted by molar-refractivity contribution is 6.11. The van der Waals surface area contributed by atoms with E-state index in [9.17, 15) is 0 Å². The normalized spacial score (nSPS) is 15.6. The molecule has 0 aliphatic carbocycles. The Labute approximate surface area is 380 Å². The summed E-state index contributed by atoms with van der Waals surface area (Å²) in [4.78, 5) is 37.8. The molecule has 0 fully saturated rings. The second-order valence-corrected chi connectivity index (χ2v) is 17.0. The van der Waals surface area contributed by atoms with E-state index in [1.807, 2.05) is 74.5 Å². The van der Waals surface area contributed by atoms with Crippen molar-refractivity contribution >= 4 is 101 Å². The smallest absolute Gasteiger partial charge is 0.227 e. The number of para-hydroxylation sites is 4. The van der Waals surface area contributed by atoms with E-state index < -0.39 is 0 Å². The largest absolute Gasteiger partial charge is 0.435 e. The van der Waals surface area contributed by atoms with Gasteiger partial charge in [0, 0.05) is 56.7 Å². The maximum Gasteiger partial charge on any atom is 0.227 e. The van der Waals surface area contributed by atoms with Crippen LogP contribution in [0.1, 0.15) is 36.4 Å². The summed E-state index contributed by atoms with van der Waals surface area (Å²) in [6, 6.07) is 45.4. The Morgan fingerprint density at radius 1 is 0.394 bits per heavy atom. The minimum Gasteiger partial charge on any atom is -0.435 e. The molecule has 2 aliphatic rings. The summed E-state index contributed by atoms with van der Waals surface area (Å²) in [5.74, 6) is 3.31. The fourth-order valence-corrected chi connectivity index (χ4v) is 9.74. The Hall–Kier alpha value is -8.38. The fraction of sp³-hybridized carbons (Fsp3) is 0.148. The highest BCUT2D eigenvalue weighted by Gasteiger charge is 2.41. The van der Waals surface area contributed by atoms with Crippen molar-refractivity contribution in [2.75, 3.05) is 19.6 Å². The molecule has 13 rings (SSSR count). The lowest BCUT2D eigenvalue weighted by molar-refractivity contribution is 0.647. The van der Waals surface area contributed by atoms with Gasteiger partial charge in [-0.2, -0.15) is 0 Å². The van der Waals surface area contributed by atoms with Gasteiger partial charge in [0.05, 0.1) is 22.4 Å². The first kappa shape index (κ1) is 39.2. The molecule has 0 bridgehead atoms. The van der Waals surface area contributed by atoms with Crippen LogP contribution in [0.2, 0.25) is 0 Å². The first-order valence-corrected chi connectivity index (χ1v) is 22.2. The van der Waals surface area contributed by atoms with E-state index in [4.69, 9.17) is 23.8 Å². The van der Waals surface area contributed by atoms with Gasteiger partial charge in [0.15, 0.2) is 34.4 Å². The zero-order valence-electron chi connectivity index (χ0n) is 37.3. The Balaban J connectivity index is 0.000000139. The predicted molar refractivity (Wildman–Crippen MR) is 264 cm³/mol. The molecule has 2 aliphatic heterocycles. The molecule has 0 amide bonds. The molecule has 322 valence electrons. The molecule has 0 radical (unpaired) electrons. The zero-order chi connectivity index (χ0) is 44.8. The molecule has 2 atom stereocenters. The average Bonchev–Trinajstić information content (AvgIpc) is 4.05. The van der Waals surface area contributed by atoms with Gasteiger partial charge in [-0.15, -0.1) is 0 Å². The first-order chi connectivity index (χ1) is 32.2. The fourth-order valence-electron chi connectivity index (χ4n) is 9.74. The van der Waals surface area contributed by atoms with Crippen molar-refractivity contribution in [3.63, 3.8) is 0 Å². The summed E-state index contributed by atoms with van der Waals surface area (Å²) in [5, 5.41) is 4.14. The van der Waals surface area contributed by atoms with E-state index in [-0.39, 0.29) is 12.3 Å². The third-order valence-corrected chi connectivity index (χ3v) is 12.8. The first-order valence-electron chi connectivity index (χ1n) is 22.2. The van der Waals surface area contributed by atoms with E-state index in [0.717, 1.165) is 112 Å². The van der Waals surface area contributed by atoms with Crippen molar-refractivity contribution in [1.82, 2.24) is 29.9 Å². The third-order valence-electron chi connectivity index (χ3n) is 12.8. The van der Waals surface area contributed by atoms with Crippen molar-refractivity contribution in [3.8, 4) is 0 Å². The summed E-state index contributed by atoms with van der Waals surface area (Å²) < 4.78 is 12.8. The van der Waals surface area contributed by atoms with E-state index in [0.29, 0.717) is 11.4 Å². The third kappa shape index (κ3) is 6.05. The highest BCUT2D eigenvalue weighted by atomic mass is 16.3. The second-order valence-electron chi connectivity index (χ2n) is 17.0. The number of nitrogens with zero attached hydrogens (tertiary/aromatic N) is 10. The van der Waals surface area contributed by atoms with Gasteiger partial charge < -0.3 is 18.6 Å². The van der Waals surface area contributed by atoms with Crippen molar-refractivity contribution < 1.29 is 8.83 Å². The van der Waals surface area contributed by atoms with Crippen molar-refractivity contribution in [3.05, 3.63) is 168 Å². The number of fused-ring (bicyclic) bond motifs is 9. The van der Waals surface area contributed by atoms with Crippen LogP contribution < -0.4 is 19.6 Å². The van der Waals surface area contributed by atoms with Crippen molar-refractivity contribution in [2.45, 2.75) is 53.9 Å². The van der Waals surface area contributed by atoms with Crippen LogP contribution in [0.25, 0.3) is 55.2 Å². The van der Waals surface area contributed by atoms with Crippen LogP contribution in [-0.4, -0.2) is 42.2 Å². The number of rotatable bonds is 4. The molecule has 8 heterocycles. The summed E-state index contributed by atoms with van der Waals surface area (Å²) >= 11 is 0. The molecular formula is C54H44N10O2.